The van der Waals surface area contributed by atoms with Crippen LogP contribution < -0.4 is 5.32 Å². The van der Waals surface area contributed by atoms with Crippen LogP contribution in [0.25, 0.3) is 0 Å². The summed E-state index contributed by atoms with van der Waals surface area (Å²) in [5.41, 5.74) is 0. The molecule has 1 aliphatic rings. The van der Waals surface area contributed by atoms with Crippen molar-refractivity contribution in [3.05, 3.63) is 12.2 Å². The van der Waals surface area contributed by atoms with Crippen molar-refractivity contribution in [1.29, 1.82) is 0 Å². The van der Waals surface area contributed by atoms with Crippen molar-refractivity contribution >= 4 is 5.91 Å². The molecule has 0 spiro atoms. The lowest BCUT2D eigenvalue weighted by atomic mass is 9.99. The zero-order valence-electron chi connectivity index (χ0n) is 45.9. The monoisotopic (exact) mass is 996 g/mol. The SMILES string of the molecule is CCCCCCCCCCCCCCCC/C=C\CCCCCCCCCCCCCCCCCCC(O)C(=O)NC(COC1OC(CO)C(O)C(O)C1O)C(O)CCCCCCCCCCCCC. The van der Waals surface area contributed by atoms with Crippen molar-refractivity contribution < 1.29 is 44.9 Å². The van der Waals surface area contributed by atoms with E-state index in [1.54, 1.807) is 0 Å². The summed E-state index contributed by atoms with van der Waals surface area (Å²) in [5.74, 6) is -0.580. The molecule has 8 unspecified atom stereocenters. The number of ether oxygens (including phenoxy) is 2. The average Bonchev–Trinajstić information content (AvgIpc) is 3.36. The van der Waals surface area contributed by atoms with Crippen LogP contribution in [0.3, 0.4) is 0 Å². The van der Waals surface area contributed by atoms with Gasteiger partial charge in [0, 0.05) is 0 Å². The number of hydrogen-bond donors (Lipinski definition) is 7. The van der Waals surface area contributed by atoms with Gasteiger partial charge < -0.3 is 45.4 Å². The lowest BCUT2D eigenvalue weighted by Gasteiger charge is -2.40. The van der Waals surface area contributed by atoms with Gasteiger partial charge in [0.15, 0.2) is 6.29 Å². The molecule has 70 heavy (non-hydrogen) atoms. The molecule has 0 aromatic rings. The van der Waals surface area contributed by atoms with Crippen molar-refractivity contribution in [2.75, 3.05) is 13.2 Å². The summed E-state index contributed by atoms with van der Waals surface area (Å²) in [6.07, 6.45) is 51.7. The van der Waals surface area contributed by atoms with Crippen molar-refractivity contribution in [1.82, 2.24) is 5.32 Å². The van der Waals surface area contributed by atoms with E-state index >= 15 is 0 Å². The fraction of sp³-hybridized carbons (Fsp3) is 0.950. The number of allylic oxidation sites excluding steroid dienone is 2. The molecule has 10 heteroatoms. The fourth-order valence-electron chi connectivity index (χ4n) is 10.0. The molecule has 8 atom stereocenters. The largest absolute Gasteiger partial charge is 0.394 e. The first-order chi connectivity index (χ1) is 34.3. The van der Waals surface area contributed by atoms with Gasteiger partial charge in [-0.2, -0.15) is 0 Å². The van der Waals surface area contributed by atoms with E-state index in [2.05, 4.69) is 31.3 Å². The van der Waals surface area contributed by atoms with Gasteiger partial charge in [-0.15, -0.1) is 0 Å². The van der Waals surface area contributed by atoms with Crippen LogP contribution >= 0.6 is 0 Å². The maximum Gasteiger partial charge on any atom is 0.249 e. The molecule has 7 N–H and O–H groups in total. The molecular formula is C60H117NO9. The summed E-state index contributed by atoms with van der Waals surface area (Å²) in [7, 11) is 0. The van der Waals surface area contributed by atoms with Crippen molar-refractivity contribution in [3.63, 3.8) is 0 Å². The molecule has 0 saturated carbocycles. The lowest BCUT2D eigenvalue weighted by Crippen LogP contribution is -2.60. The Labute approximate surface area is 431 Å². The van der Waals surface area contributed by atoms with E-state index in [0.717, 1.165) is 44.9 Å². The molecule has 1 rings (SSSR count). The number of aliphatic hydroxyl groups excluding tert-OH is 6. The number of nitrogens with one attached hydrogen (secondary N) is 1. The van der Waals surface area contributed by atoms with Gasteiger partial charge in [0.2, 0.25) is 5.91 Å². The predicted octanol–water partition coefficient (Wildman–Crippen LogP) is 14.2. The van der Waals surface area contributed by atoms with Crippen LogP contribution in [0.1, 0.15) is 303 Å². The van der Waals surface area contributed by atoms with Gasteiger partial charge in [0.25, 0.3) is 0 Å². The summed E-state index contributed by atoms with van der Waals surface area (Å²) in [6.45, 7) is 3.69. The third-order valence-electron chi connectivity index (χ3n) is 15.0. The van der Waals surface area contributed by atoms with E-state index in [-0.39, 0.29) is 6.61 Å². The topological polar surface area (TPSA) is 169 Å². The molecule has 0 radical (unpaired) electrons. The highest BCUT2D eigenvalue weighted by Crippen LogP contribution is 2.23. The standard InChI is InChI=1S/C60H117NO9/c1-3-5-7-9-11-13-15-16-17-18-19-20-21-22-23-24-25-26-27-28-29-30-31-32-33-34-35-36-37-39-41-43-45-47-49-54(64)59(68)61-52(51-69-60-58(67)57(66)56(65)55(50-62)70-60)53(63)48-46-44-42-40-38-14-12-10-8-6-4-2/h24-25,52-58,60,62-67H,3-23,26-51H2,1-2H3,(H,61,68)/b25-24-. The molecule has 10 nitrogen and oxygen atoms in total. The first-order valence-corrected chi connectivity index (χ1v) is 30.5. The van der Waals surface area contributed by atoms with E-state index in [4.69, 9.17) is 9.47 Å². The predicted molar refractivity (Wildman–Crippen MR) is 292 cm³/mol. The highest BCUT2D eigenvalue weighted by Gasteiger charge is 2.44. The van der Waals surface area contributed by atoms with Crippen LogP contribution in [-0.2, 0) is 14.3 Å². The first-order valence-electron chi connectivity index (χ1n) is 30.5. The minimum absolute atomic E-state index is 0.252. The molecule has 1 saturated heterocycles. The molecule has 0 aromatic carbocycles. The summed E-state index contributed by atoms with van der Waals surface area (Å²) < 4.78 is 11.2. The third kappa shape index (κ3) is 38.5. The Morgan fingerprint density at radius 1 is 0.471 bits per heavy atom. The number of amides is 1. The Balaban J connectivity index is 2.08. The minimum Gasteiger partial charge on any atom is -0.394 e. The van der Waals surface area contributed by atoms with Gasteiger partial charge in [-0.3, -0.25) is 4.79 Å². The van der Waals surface area contributed by atoms with Gasteiger partial charge in [0.1, 0.15) is 30.5 Å². The molecule has 0 bridgehead atoms. The molecule has 1 aliphatic heterocycles. The van der Waals surface area contributed by atoms with Gasteiger partial charge in [-0.1, -0.05) is 276 Å². The Morgan fingerprint density at radius 3 is 1.16 bits per heavy atom. The van der Waals surface area contributed by atoms with E-state index < -0.39 is 61.5 Å². The van der Waals surface area contributed by atoms with E-state index in [1.165, 1.54) is 231 Å². The van der Waals surface area contributed by atoms with Crippen molar-refractivity contribution in [2.45, 2.75) is 352 Å². The number of unbranched alkanes of at least 4 members (excludes halogenated alkanes) is 40. The highest BCUT2D eigenvalue weighted by molar-refractivity contribution is 5.80. The van der Waals surface area contributed by atoms with Crippen LogP contribution in [-0.4, -0.2) is 98.7 Å². The second kappa shape index (κ2) is 50.1. The zero-order chi connectivity index (χ0) is 51.0. The first kappa shape index (κ1) is 66.9. The fourth-order valence-corrected chi connectivity index (χ4v) is 10.0. The molecule has 0 aromatic heterocycles. The number of hydrogen-bond acceptors (Lipinski definition) is 9. The Bertz CT molecular complexity index is 1130. The van der Waals surface area contributed by atoms with Crippen LogP contribution in [0, 0.1) is 0 Å². The average molecular weight is 997 g/mol. The van der Waals surface area contributed by atoms with E-state index in [0.29, 0.717) is 12.8 Å². The Morgan fingerprint density at radius 2 is 0.800 bits per heavy atom. The van der Waals surface area contributed by atoms with Crippen LogP contribution in [0.15, 0.2) is 12.2 Å². The van der Waals surface area contributed by atoms with Crippen molar-refractivity contribution in [2.24, 2.45) is 0 Å². The molecule has 416 valence electrons. The Kier molecular flexibility index (Phi) is 47.9. The van der Waals surface area contributed by atoms with Gasteiger partial charge >= 0.3 is 0 Å². The normalized spacial score (nSPS) is 19.8. The van der Waals surface area contributed by atoms with Gasteiger partial charge in [0.05, 0.1) is 25.4 Å². The number of carbonyl (C=O) groups excluding carboxylic acids is 1. The Hall–Kier alpha value is -1.11. The van der Waals surface area contributed by atoms with Crippen molar-refractivity contribution in [3.8, 4) is 0 Å². The van der Waals surface area contributed by atoms with Crippen LogP contribution in [0.4, 0.5) is 0 Å². The summed E-state index contributed by atoms with van der Waals surface area (Å²) >= 11 is 0. The summed E-state index contributed by atoms with van der Waals surface area (Å²) in [5, 5.41) is 65.1. The molecule has 1 amide bonds. The second-order valence-electron chi connectivity index (χ2n) is 21.6. The molecule has 1 fully saturated rings. The summed E-state index contributed by atoms with van der Waals surface area (Å²) in [6, 6.07) is -0.890. The lowest BCUT2D eigenvalue weighted by molar-refractivity contribution is -0.302. The smallest absolute Gasteiger partial charge is 0.249 e. The molecule has 1 heterocycles. The minimum atomic E-state index is -1.59. The second-order valence-corrected chi connectivity index (χ2v) is 21.6. The maximum absolute atomic E-state index is 13.1. The molecule has 0 aliphatic carbocycles. The molecular weight excluding hydrogens is 879 g/mol. The van der Waals surface area contributed by atoms with E-state index in [1.807, 2.05) is 0 Å². The van der Waals surface area contributed by atoms with Crippen LogP contribution in [0.5, 0.6) is 0 Å². The third-order valence-corrected chi connectivity index (χ3v) is 15.0. The van der Waals surface area contributed by atoms with E-state index in [9.17, 15) is 35.4 Å². The number of carbonyl (C=O) groups is 1. The van der Waals surface area contributed by atoms with Crippen LogP contribution in [0.2, 0.25) is 0 Å². The number of rotatable bonds is 53. The van der Waals surface area contributed by atoms with Gasteiger partial charge in [-0.05, 0) is 38.5 Å². The highest BCUT2D eigenvalue weighted by atomic mass is 16.7. The number of aliphatic hydroxyl groups is 6. The van der Waals surface area contributed by atoms with Gasteiger partial charge in [-0.25, -0.2) is 0 Å². The quantitative estimate of drug-likeness (QED) is 0.0232. The maximum atomic E-state index is 13.1. The zero-order valence-corrected chi connectivity index (χ0v) is 45.9. The summed E-state index contributed by atoms with van der Waals surface area (Å²) in [4.78, 5) is 13.1.